The average Bonchev–Trinajstić information content (AvgIpc) is 2.47. The third kappa shape index (κ3) is 2.66. The van der Waals surface area contributed by atoms with E-state index < -0.39 is 18.3 Å². The van der Waals surface area contributed by atoms with Crippen molar-refractivity contribution in [1.29, 1.82) is 0 Å². The second kappa shape index (κ2) is 4.95. The highest BCUT2D eigenvalue weighted by Gasteiger charge is 2.52. The molecule has 0 atom stereocenters. The summed E-state index contributed by atoms with van der Waals surface area (Å²) in [6.07, 6.45) is 0. The van der Waals surface area contributed by atoms with Gasteiger partial charge in [0, 0.05) is 10.5 Å². The molecule has 0 aliphatic carbocycles. The maximum atomic E-state index is 6.10. The van der Waals surface area contributed by atoms with Crippen LogP contribution in [0.3, 0.4) is 0 Å². The molecule has 2 rings (SSSR count). The Hall–Kier alpha value is -0.225. The fraction of sp³-hybridized carbons (Fsp3) is 0.538. The summed E-state index contributed by atoms with van der Waals surface area (Å²) in [5.74, 6) is 0.683. The number of rotatable bonds is 2. The van der Waals surface area contributed by atoms with Crippen molar-refractivity contribution in [2.24, 2.45) is 0 Å². The topological polar surface area (TPSA) is 27.7 Å². The van der Waals surface area contributed by atoms with Crippen LogP contribution in [0.25, 0.3) is 0 Å². The highest BCUT2D eigenvalue weighted by atomic mass is 79.9. The van der Waals surface area contributed by atoms with E-state index in [4.69, 9.17) is 25.6 Å². The minimum absolute atomic E-state index is 0.391. The summed E-state index contributed by atoms with van der Waals surface area (Å²) in [6, 6.07) is 3.60. The van der Waals surface area contributed by atoms with E-state index in [2.05, 4.69) is 15.9 Å². The molecule has 1 aliphatic heterocycles. The second-order valence-electron chi connectivity index (χ2n) is 5.60. The Morgan fingerprint density at radius 3 is 2.16 bits per heavy atom. The Labute approximate surface area is 127 Å². The van der Waals surface area contributed by atoms with Crippen LogP contribution in [0.15, 0.2) is 16.6 Å². The monoisotopic (exact) mass is 346 g/mol. The standard InChI is InChI=1S/C13H17BBrClO3/c1-12(2)13(3,4)19-14(18-12)9-6-8(16)7-10(15)11(9)17-5/h6-7H,1-5H3. The van der Waals surface area contributed by atoms with Crippen LogP contribution < -0.4 is 10.2 Å². The molecule has 0 radical (unpaired) electrons. The third-order valence-electron chi connectivity index (χ3n) is 3.75. The summed E-state index contributed by atoms with van der Waals surface area (Å²) in [4.78, 5) is 0. The number of benzene rings is 1. The van der Waals surface area contributed by atoms with E-state index in [0.717, 1.165) is 9.94 Å². The molecule has 0 spiro atoms. The number of hydrogen-bond donors (Lipinski definition) is 0. The van der Waals surface area contributed by atoms with Crippen LogP contribution in [-0.4, -0.2) is 25.4 Å². The van der Waals surface area contributed by atoms with Crippen molar-refractivity contribution in [2.75, 3.05) is 7.11 Å². The zero-order valence-electron chi connectivity index (χ0n) is 11.7. The van der Waals surface area contributed by atoms with Crippen LogP contribution in [0.2, 0.25) is 5.02 Å². The van der Waals surface area contributed by atoms with Gasteiger partial charge in [-0.15, -0.1) is 0 Å². The molecule has 0 N–H and O–H groups in total. The van der Waals surface area contributed by atoms with Crippen molar-refractivity contribution in [3.05, 3.63) is 21.6 Å². The van der Waals surface area contributed by atoms with Crippen molar-refractivity contribution < 1.29 is 14.0 Å². The van der Waals surface area contributed by atoms with E-state index in [1.165, 1.54) is 0 Å². The van der Waals surface area contributed by atoms with Gasteiger partial charge in [0.2, 0.25) is 0 Å². The van der Waals surface area contributed by atoms with Crippen molar-refractivity contribution in [2.45, 2.75) is 38.9 Å². The molecule has 0 amide bonds. The van der Waals surface area contributed by atoms with Crippen molar-refractivity contribution >= 4 is 40.1 Å². The molecule has 1 fully saturated rings. The van der Waals surface area contributed by atoms with Crippen LogP contribution in [0.1, 0.15) is 27.7 Å². The van der Waals surface area contributed by atoms with Crippen LogP contribution in [0.4, 0.5) is 0 Å². The highest BCUT2D eigenvalue weighted by Crippen LogP contribution is 2.38. The molecule has 3 nitrogen and oxygen atoms in total. The normalized spacial score (nSPS) is 20.7. The lowest BCUT2D eigenvalue weighted by Crippen LogP contribution is -2.41. The van der Waals surface area contributed by atoms with Gasteiger partial charge in [0.25, 0.3) is 0 Å². The van der Waals surface area contributed by atoms with Crippen molar-refractivity contribution in [3.8, 4) is 5.75 Å². The quantitative estimate of drug-likeness (QED) is 0.768. The molecule has 1 aliphatic rings. The first-order valence-electron chi connectivity index (χ1n) is 6.06. The van der Waals surface area contributed by atoms with Gasteiger partial charge >= 0.3 is 7.12 Å². The molecular weight excluding hydrogens is 330 g/mol. The molecule has 6 heteroatoms. The molecule has 0 aromatic heterocycles. The third-order valence-corrected chi connectivity index (χ3v) is 4.56. The SMILES string of the molecule is COc1c(Br)cc(Cl)cc1B1OC(C)(C)C(C)(C)O1. The van der Waals surface area contributed by atoms with E-state index in [1.54, 1.807) is 13.2 Å². The number of hydrogen-bond acceptors (Lipinski definition) is 3. The van der Waals surface area contributed by atoms with Gasteiger partial charge in [0.15, 0.2) is 0 Å². The lowest BCUT2D eigenvalue weighted by atomic mass is 9.78. The Bertz CT molecular complexity index is 489. The molecule has 0 unspecified atom stereocenters. The highest BCUT2D eigenvalue weighted by molar-refractivity contribution is 9.10. The fourth-order valence-electron chi connectivity index (χ4n) is 1.94. The Morgan fingerprint density at radius 2 is 1.68 bits per heavy atom. The number of ether oxygens (including phenoxy) is 1. The molecule has 1 heterocycles. The molecule has 19 heavy (non-hydrogen) atoms. The van der Waals surface area contributed by atoms with Crippen molar-refractivity contribution in [3.63, 3.8) is 0 Å². The maximum Gasteiger partial charge on any atom is 0.498 e. The lowest BCUT2D eigenvalue weighted by molar-refractivity contribution is 0.00578. The average molecular weight is 347 g/mol. The molecular formula is C13H17BBrClO3. The lowest BCUT2D eigenvalue weighted by Gasteiger charge is -2.32. The van der Waals surface area contributed by atoms with Gasteiger partial charge in [-0.25, -0.2) is 0 Å². The van der Waals surface area contributed by atoms with Crippen LogP contribution in [0.5, 0.6) is 5.75 Å². The van der Waals surface area contributed by atoms with E-state index in [1.807, 2.05) is 33.8 Å². The van der Waals surface area contributed by atoms with Crippen LogP contribution in [0, 0.1) is 0 Å². The Morgan fingerprint density at radius 1 is 1.16 bits per heavy atom. The maximum absolute atomic E-state index is 6.10. The smallest absolute Gasteiger partial charge is 0.496 e. The van der Waals surface area contributed by atoms with Crippen LogP contribution in [-0.2, 0) is 9.31 Å². The Balaban J connectivity index is 2.45. The van der Waals surface area contributed by atoms with Gasteiger partial charge in [0.05, 0.1) is 22.8 Å². The van der Waals surface area contributed by atoms with Gasteiger partial charge in [0.1, 0.15) is 5.75 Å². The summed E-state index contributed by atoms with van der Waals surface area (Å²) in [6.45, 7) is 8.05. The predicted molar refractivity (Wildman–Crippen MR) is 81.4 cm³/mol. The zero-order chi connectivity index (χ0) is 14.4. The minimum Gasteiger partial charge on any atom is -0.496 e. The van der Waals surface area contributed by atoms with Gasteiger partial charge in [-0.2, -0.15) is 0 Å². The number of methoxy groups -OCH3 is 1. The molecule has 1 saturated heterocycles. The zero-order valence-corrected chi connectivity index (χ0v) is 14.1. The summed E-state index contributed by atoms with van der Waals surface area (Å²) in [5.41, 5.74) is 0.00936. The van der Waals surface area contributed by atoms with E-state index in [0.29, 0.717) is 10.8 Å². The van der Waals surface area contributed by atoms with E-state index in [-0.39, 0.29) is 0 Å². The van der Waals surface area contributed by atoms with Gasteiger partial charge in [-0.1, -0.05) is 11.6 Å². The van der Waals surface area contributed by atoms with Crippen LogP contribution >= 0.6 is 27.5 Å². The van der Waals surface area contributed by atoms with E-state index >= 15 is 0 Å². The second-order valence-corrected chi connectivity index (χ2v) is 6.89. The van der Waals surface area contributed by atoms with Gasteiger partial charge in [-0.05, 0) is 55.8 Å². The van der Waals surface area contributed by atoms with Gasteiger partial charge in [-0.3, -0.25) is 0 Å². The summed E-state index contributed by atoms with van der Waals surface area (Å²) >= 11 is 9.54. The molecule has 1 aromatic rings. The summed E-state index contributed by atoms with van der Waals surface area (Å²) < 4.78 is 18.2. The fourth-order valence-corrected chi connectivity index (χ4v) is 2.94. The van der Waals surface area contributed by atoms with Gasteiger partial charge < -0.3 is 14.0 Å². The molecule has 104 valence electrons. The van der Waals surface area contributed by atoms with E-state index in [9.17, 15) is 0 Å². The largest absolute Gasteiger partial charge is 0.498 e. The first kappa shape index (κ1) is 15.2. The molecule has 0 saturated carbocycles. The first-order chi connectivity index (χ1) is 8.68. The van der Waals surface area contributed by atoms with Crippen molar-refractivity contribution in [1.82, 2.24) is 0 Å². The Kier molecular flexibility index (Phi) is 3.96. The number of halogens is 2. The minimum atomic E-state index is -0.491. The predicted octanol–water partition coefficient (Wildman–Crippen LogP) is 3.41. The molecule has 1 aromatic carbocycles. The molecule has 0 bridgehead atoms. The first-order valence-corrected chi connectivity index (χ1v) is 7.23. The summed E-state index contributed by atoms with van der Waals surface area (Å²) in [5, 5.41) is 0.609. The summed E-state index contributed by atoms with van der Waals surface area (Å²) in [7, 11) is 1.12.